The van der Waals surface area contributed by atoms with Crippen molar-refractivity contribution in [1.29, 1.82) is 0 Å². The summed E-state index contributed by atoms with van der Waals surface area (Å²) in [4.78, 5) is 19.9. The number of rotatable bonds is 6. The van der Waals surface area contributed by atoms with Crippen molar-refractivity contribution in [1.82, 2.24) is 14.8 Å². The minimum atomic E-state index is -0.317. The molecule has 1 atom stereocenters. The molecular weight excluding hydrogens is 425 g/mol. The number of halogens is 1. The number of carbonyl (C=O) groups excluding carboxylic acids is 1. The van der Waals surface area contributed by atoms with Gasteiger partial charge in [-0.05, 0) is 23.8 Å². The lowest BCUT2D eigenvalue weighted by atomic mass is 9.68. The molecule has 3 heterocycles. The first-order valence-corrected chi connectivity index (χ1v) is 11.0. The van der Waals surface area contributed by atoms with Gasteiger partial charge in [-0.2, -0.15) is 0 Å². The molecule has 33 heavy (non-hydrogen) atoms. The molecule has 0 aliphatic carbocycles. The minimum absolute atomic E-state index is 0.0453. The van der Waals surface area contributed by atoms with Crippen LogP contribution < -0.4 is 4.74 Å². The SMILES string of the molecule is COCC(=O)N1CC2(C1)CN(Cc1ccccc1F)[C@@H](CO)c1[nH]c3cc(OC)ccc3c12. The lowest BCUT2D eigenvalue weighted by Gasteiger charge is -2.56. The summed E-state index contributed by atoms with van der Waals surface area (Å²) in [6.07, 6.45) is 0. The second kappa shape index (κ2) is 8.44. The maximum atomic E-state index is 14.5. The van der Waals surface area contributed by atoms with Gasteiger partial charge in [-0.3, -0.25) is 9.69 Å². The molecule has 1 amide bonds. The smallest absolute Gasteiger partial charge is 0.248 e. The number of aliphatic hydroxyl groups excluding tert-OH is 1. The van der Waals surface area contributed by atoms with Crippen LogP contribution in [-0.4, -0.2) is 72.9 Å². The van der Waals surface area contributed by atoms with Gasteiger partial charge in [-0.1, -0.05) is 18.2 Å². The number of hydrogen-bond acceptors (Lipinski definition) is 5. The average Bonchev–Trinajstić information content (AvgIpc) is 3.17. The Bertz CT molecular complexity index is 1190. The number of aliphatic hydroxyl groups is 1. The number of amides is 1. The maximum absolute atomic E-state index is 14.5. The zero-order chi connectivity index (χ0) is 23.2. The van der Waals surface area contributed by atoms with E-state index in [1.54, 1.807) is 24.1 Å². The third-order valence-electron chi connectivity index (χ3n) is 6.96. The molecule has 1 fully saturated rings. The Hall–Kier alpha value is -2.94. The molecule has 1 spiro atoms. The third-order valence-corrected chi connectivity index (χ3v) is 6.96. The highest BCUT2D eigenvalue weighted by Crippen LogP contribution is 2.49. The van der Waals surface area contributed by atoms with Gasteiger partial charge in [-0.15, -0.1) is 0 Å². The summed E-state index contributed by atoms with van der Waals surface area (Å²) in [5.41, 5.74) is 3.24. The van der Waals surface area contributed by atoms with E-state index in [1.807, 2.05) is 24.3 Å². The van der Waals surface area contributed by atoms with Crippen LogP contribution in [0.15, 0.2) is 42.5 Å². The molecule has 3 aromatic rings. The number of fused-ring (bicyclic) bond motifs is 4. The molecule has 1 aromatic heterocycles. The van der Waals surface area contributed by atoms with Gasteiger partial charge in [-0.25, -0.2) is 4.39 Å². The molecule has 2 aliphatic heterocycles. The second-order valence-electron chi connectivity index (χ2n) is 8.98. The Balaban J connectivity index is 1.58. The molecule has 0 saturated carbocycles. The number of hydrogen-bond donors (Lipinski definition) is 2. The largest absolute Gasteiger partial charge is 0.497 e. The molecule has 2 aliphatic rings. The molecular formula is C25H28FN3O4. The van der Waals surface area contributed by atoms with Crippen LogP contribution in [0.25, 0.3) is 10.9 Å². The van der Waals surface area contributed by atoms with Gasteiger partial charge >= 0.3 is 0 Å². The number of aromatic nitrogens is 1. The highest BCUT2D eigenvalue weighted by molar-refractivity contribution is 5.89. The number of carbonyl (C=O) groups is 1. The number of likely N-dealkylation sites (tertiary alicyclic amines) is 1. The normalized spacial score (nSPS) is 19.5. The van der Waals surface area contributed by atoms with E-state index in [9.17, 15) is 14.3 Å². The maximum Gasteiger partial charge on any atom is 0.248 e. The van der Waals surface area contributed by atoms with Crippen LogP contribution in [0.4, 0.5) is 4.39 Å². The summed E-state index contributed by atoms with van der Waals surface area (Å²) in [7, 11) is 3.14. The standard InChI is InChI=1S/C25H28FN3O4/c1-32-12-22(31)29-14-25(15-29)13-28(10-16-5-3-4-6-19(16)26)21(11-30)24-23(25)18-8-7-17(33-2)9-20(18)27-24/h3-9,21,27,30H,10-15H2,1-2H3/t21-/m0/s1. The summed E-state index contributed by atoms with van der Waals surface area (Å²) in [5, 5.41) is 11.5. The van der Waals surface area contributed by atoms with Crippen molar-refractivity contribution >= 4 is 16.8 Å². The highest BCUT2D eigenvalue weighted by Gasteiger charge is 2.53. The van der Waals surface area contributed by atoms with Crippen molar-refractivity contribution in [2.45, 2.75) is 18.0 Å². The van der Waals surface area contributed by atoms with Gasteiger partial charge in [0.2, 0.25) is 5.91 Å². The first-order valence-electron chi connectivity index (χ1n) is 11.0. The van der Waals surface area contributed by atoms with Crippen LogP contribution >= 0.6 is 0 Å². The van der Waals surface area contributed by atoms with E-state index in [-0.39, 0.29) is 36.4 Å². The van der Waals surface area contributed by atoms with Crippen LogP contribution in [0, 0.1) is 5.82 Å². The Morgan fingerprint density at radius 3 is 2.70 bits per heavy atom. The van der Waals surface area contributed by atoms with Gasteiger partial charge < -0.3 is 24.5 Å². The van der Waals surface area contributed by atoms with Crippen LogP contribution in [-0.2, 0) is 21.5 Å². The second-order valence-corrected chi connectivity index (χ2v) is 8.98. The number of ether oxygens (including phenoxy) is 2. The van der Waals surface area contributed by atoms with Crippen LogP contribution in [0.1, 0.15) is 22.9 Å². The van der Waals surface area contributed by atoms with E-state index < -0.39 is 0 Å². The van der Waals surface area contributed by atoms with Gasteiger partial charge in [0.1, 0.15) is 18.2 Å². The molecule has 1 saturated heterocycles. The van der Waals surface area contributed by atoms with Crippen molar-refractivity contribution in [3.8, 4) is 5.75 Å². The first-order chi connectivity index (χ1) is 16.0. The van der Waals surface area contributed by atoms with Crippen molar-refractivity contribution < 1.29 is 23.8 Å². The summed E-state index contributed by atoms with van der Waals surface area (Å²) in [6, 6.07) is 12.3. The van der Waals surface area contributed by atoms with Crippen LogP contribution in [0.3, 0.4) is 0 Å². The van der Waals surface area contributed by atoms with Crippen molar-refractivity contribution in [3.05, 3.63) is 65.1 Å². The van der Waals surface area contributed by atoms with E-state index in [1.165, 1.54) is 13.2 Å². The summed E-state index contributed by atoms with van der Waals surface area (Å²) in [6.45, 7) is 2.01. The Morgan fingerprint density at radius 1 is 1.21 bits per heavy atom. The summed E-state index contributed by atoms with van der Waals surface area (Å²) < 4.78 is 24.9. The highest BCUT2D eigenvalue weighted by atomic mass is 19.1. The van der Waals surface area contributed by atoms with E-state index in [2.05, 4.69) is 9.88 Å². The van der Waals surface area contributed by atoms with Crippen molar-refractivity contribution in [3.63, 3.8) is 0 Å². The molecule has 5 rings (SSSR count). The fourth-order valence-electron chi connectivity index (χ4n) is 5.46. The van der Waals surface area contributed by atoms with Gasteiger partial charge in [0.25, 0.3) is 0 Å². The monoisotopic (exact) mass is 453 g/mol. The Labute approximate surface area is 191 Å². The summed E-state index contributed by atoms with van der Waals surface area (Å²) in [5.74, 6) is 0.432. The number of H-pyrrole nitrogens is 1. The molecule has 0 radical (unpaired) electrons. The van der Waals surface area contributed by atoms with E-state index in [0.29, 0.717) is 31.7 Å². The molecule has 0 unspecified atom stereocenters. The number of benzene rings is 2. The lowest BCUT2D eigenvalue weighted by Crippen LogP contribution is -2.67. The fraction of sp³-hybridized carbons (Fsp3) is 0.400. The topological polar surface area (TPSA) is 78.0 Å². The number of aromatic amines is 1. The summed E-state index contributed by atoms with van der Waals surface area (Å²) >= 11 is 0. The zero-order valence-corrected chi connectivity index (χ0v) is 18.8. The molecule has 7 nitrogen and oxygen atoms in total. The van der Waals surface area contributed by atoms with E-state index >= 15 is 0 Å². The van der Waals surface area contributed by atoms with Crippen molar-refractivity contribution in [2.75, 3.05) is 47.1 Å². The van der Waals surface area contributed by atoms with Gasteiger partial charge in [0, 0.05) is 66.9 Å². The molecule has 8 heteroatoms. The predicted molar refractivity (Wildman–Crippen MR) is 122 cm³/mol. The first kappa shape index (κ1) is 21.9. The zero-order valence-electron chi connectivity index (χ0n) is 18.8. The predicted octanol–water partition coefficient (Wildman–Crippen LogP) is 2.59. The molecule has 0 bridgehead atoms. The lowest BCUT2D eigenvalue weighted by molar-refractivity contribution is -0.144. The Kier molecular flexibility index (Phi) is 5.60. The number of nitrogens with zero attached hydrogens (tertiary/aromatic N) is 2. The van der Waals surface area contributed by atoms with E-state index in [0.717, 1.165) is 27.9 Å². The Morgan fingerprint density at radius 2 is 2.00 bits per heavy atom. The minimum Gasteiger partial charge on any atom is -0.497 e. The van der Waals surface area contributed by atoms with Gasteiger partial charge in [0.05, 0.1) is 19.8 Å². The molecule has 174 valence electrons. The van der Waals surface area contributed by atoms with Crippen LogP contribution in [0.2, 0.25) is 0 Å². The van der Waals surface area contributed by atoms with E-state index in [4.69, 9.17) is 9.47 Å². The van der Waals surface area contributed by atoms with Crippen LogP contribution in [0.5, 0.6) is 5.75 Å². The third kappa shape index (κ3) is 3.58. The molecule has 2 aromatic carbocycles. The number of methoxy groups -OCH3 is 2. The van der Waals surface area contributed by atoms with Gasteiger partial charge in [0.15, 0.2) is 0 Å². The molecule has 2 N–H and O–H groups in total. The average molecular weight is 454 g/mol. The quantitative estimate of drug-likeness (QED) is 0.600. The fourth-order valence-corrected chi connectivity index (χ4v) is 5.46. The number of nitrogens with one attached hydrogen (secondary N) is 1. The van der Waals surface area contributed by atoms with Crippen molar-refractivity contribution in [2.24, 2.45) is 0 Å².